The van der Waals surface area contributed by atoms with Gasteiger partial charge in [0.05, 0.1) is 18.1 Å². The maximum Gasteiger partial charge on any atom is 0.335 e. The van der Waals surface area contributed by atoms with Crippen LogP contribution in [0.4, 0.5) is 5.69 Å². The van der Waals surface area contributed by atoms with E-state index in [4.69, 9.17) is 4.74 Å². The van der Waals surface area contributed by atoms with Crippen molar-refractivity contribution in [3.05, 3.63) is 65.7 Å². The fraction of sp³-hybridized carbons (Fsp3) is 0.610. The van der Waals surface area contributed by atoms with E-state index >= 15 is 0 Å². The molecule has 1 amide bonds. The van der Waals surface area contributed by atoms with Crippen LogP contribution in [-0.2, 0) is 4.79 Å². The number of rotatable bonds is 5. The second-order valence-electron chi connectivity index (χ2n) is 16.9. The highest BCUT2D eigenvalue weighted by Gasteiger charge is 2.70. The molecule has 8 atom stereocenters. The maximum absolute atomic E-state index is 14.2. The molecular formula is C41H53NO4. The molecule has 7 unspecified atom stereocenters. The first kappa shape index (κ1) is 31.5. The van der Waals surface area contributed by atoms with Crippen molar-refractivity contribution in [2.45, 2.75) is 98.8 Å². The third-order valence-electron chi connectivity index (χ3n) is 15.2. The molecule has 2 N–H and O–H groups in total. The Hall–Kier alpha value is -3.08. The second-order valence-corrected chi connectivity index (χ2v) is 16.9. The van der Waals surface area contributed by atoms with E-state index in [1.165, 1.54) is 43.2 Å². The lowest BCUT2D eigenvalue weighted by atomic mass is 9.32. The number of aromatic carboxylic acids is 1. The van der Waals surface area contributed by atoms with E-state index in [2.05, 4.69) is 46.0 Å². The monoisotopic (exact) mass is 623 g/mol. The van der Waals surface area contributed by atoms with Crippen molar-refractivity contribution in [3.8, 4) is 5.75 Å². The number of carboxylic acid groups (broad SMARTS) is 1. The van der Waals surface area contributed by atoms with Crippen LogP contribution in [0.5, 0.6) is 5.75 Å². The summed E-state index contributed by atoms with van der Waals surface area (Å²) in [6.45, 7) is 12.8. The molecule has 2 aromatic carbocycles. The summed E-state index contributed by atoms with van der Waals surface area (Å²) in [5.74, 6) is 2.43. The number of anilines is 1. The Bertz CT molecular complexity index is 1560. The molecule has 4 fully saturated rings. The third kappa shape index (κ3) is 4.32. The minimum Gasteiger partial charge on any atom is -0.497 e. The molecule has 0 radical (unpaired) electrons. The predicted octanol–water partition coefficient (Wildman–Crippen LogP) is 9.88. The van der Waals surface area contributed by atoms with Crippen LogP contribution in [-0.4, -0.2) is 24.1 Å². The average Bonchev–Trinajstić information content (AvgIpc) is 3.47. The molecule has 7 rings (SSSR count). The Kier molecular flexibility index (Phi) is 7.34. The van der Waals surface area contributed by atoms with Crippen molar-refractivity contribution < 1.29 is 19.4 Å². The molecule has 5 nitrogen and oxygen atoms in total. The van der Waals surface area contributed by atoms with Crippen LogP contribution in [0.1, 0.15) is 115 Å². The topological polar surface area (TPSA) is 75.6 Å². The maximum atomic E-state index is 14.2. The van der Waals surface area contributed by atoms with E-state index in [9.17, 15) is 14.7 Å². The van der Waals surface area contributed by atoms with E-state index in [0.29, 0.717) is 29.2 Å². The number of nitrogens with one attached hydrogen (secondary N) is 1. The number of carbonyl (C=O) groups is 2. The minimum atomic E-state index is -0.873. The van der Waals surface area contributed by atoms with E-state index in [1.54, 1.807) is 19.2 Å². The van der Waals surface area contributed by atoms with Gasteiger partial charge in [-0.2, -0.15) is 0 Å². The molecule has 4 saturated carbocycles. The van der Waals surface area contributed by atoms with Gasteiger partial charge in [0.15, 0.2) is 0 Å². The summed E-state index contributed by atoms with van der Waals surface area (Å²) in [5.41, 5.74) is 4.19. The summed E-state index contributed by atoms with van der Waals surface area (Å²) in [6.07, 6.45) is 14.0. The van der Waals surface area contributed by atoms with Gasteiger partial charge in [0.25, 0.3) is 0 Å². The number of amides is 1. The van der Waals surface area contributed by atoms with Gasteiger partial charge in [-0.05, 0) is 151 Å². The SMILES string of the molecule is COc1ccc(NC(=O)C23CCCC2C2CCC4C5(C)CC=C(c6ccc(C(=O)O)cc6)C(C)(C)C5CCC4(C)[C@]2(C)CC3)cc1. The van der Waals surface area contributed by atoms with Gasteiger partial charge in [0, 0.05) is 5.69 Å². The summed E-state index contributed by atoms with van der Waals surface area (Å²) in [4.78, 5) is 25.7. The Morgan fingerprint density at radius 2 is 1.50 bits per heavy atom. The quantitative estimate of drug-likeness (QED) is 0.348. The highest BCUT2D eigenvalue weighted by molar-refractivity contribution is 5.96. The zero-order valence-electron chi connectivity index (χ0n) is 28.7. The molecular weight excluding hydrogens is 570 g/mol. The molecule has 5 aliphatic rings. The third-order valence-corrected chi connectivity index (χ3v) is 15.2. The van der Waals surface area contributed by atoms with Crippen LogP contribution >= 0.6 is 0 Å². The number of carbonyl (C=O) groups excluding carboxylic acids is 1. The summed E-state index contributed by atoms with van der Waals surface area (Å²) in [7, 11) is 1.67. The molecule has 5 heteroatoms. The van der Waals surface area contributed by atoms with E-state index in [-0.39, 0.29) is 33.0 Å². The van der Waals surface area contributed by atoms with Gasteiger partial charge in [-0.1, -0.05) is 59.2 Å². The van der Waals surface area contributed by atoms with E-state index < -0.39 is 5.97 Å². The number of hydrogen-bond acceptors (Lipinski definition) is 3. The van der Waals surface area contributed by atoms with Crippen LogP contribution in [0.25, 0.3) is 5.57 Å². The Morgan fingerprint density at radius 3 is 2.17 bits per heavy atom. The molecule has 2 aromatic rings. The fourth-order valence-corrected chi connectivity index (χ4v) is 12.8. The lowest BCUT2D eigenvalue weighted by Crippen LogP contribution is -2.65. The summed E-state index contributed by atoms with van der Waals surface area (Å²) < 4.78 is 5.34. The number of carboxylic acids is 1. The van der Waals surface area contributed by atoms with Crippen LogP contribution in [0.15, 0.2) is 54.6 Å². The highest BCUT2D eigenvalue weighted by atomic mass is 16.5. The normalized spacial score (nSPS) is 39.1. The summed E-state index contributed by atoms with van der Waals surface area (Å²) in [5, 5.41) is 12.8. The number of benzene rings is 2. The Labute approximate surface area is 275 Å². The average molecular weight is 624 g/mol. The van der Waals surface area contributed by atoms with Crippen molar-refractivity contribution in [1.29, 1.82) is 0 Å². The number of ether oxygens (including phenoxy) is 1. The van der Waals surface area contributed by atoms with Gasteiger partial charge in [0.2, 0.25) is 5.91 Å². The smallest absolute Gasteiger partial charge is 0.335 e. The Balaban J connectivity index is 1.17. The molecule has 0 aliphatic heterocycles. The molecule has 0 spiro atoms. The van der Waals surface area contributed by atoms with Gasteiger partial charge in [-0.15, -0.1) is 0 Å². The number of fused-ring (bicyclic) bond motifs is 7. The zero-order valence-corrected chi connectivity index (χ0v) is 28.7. The standard InChI is InChI=1S/C41H53NO4/c1-37(2)30(26-9-11-27(12-10-26)35(43)44)19-22-38(3)33(37)20-23-40(5)34(38)18-17-31-32-8-7-21-41(32,25-24-39(31,40)4)36(45)42-28-13-15-29(46-6)16-14-28/h9-16,19,31-34H,7-8,17-18,20-25H2,1-6H3,(H,42,45)(H,43,44)/t31?,32?,33?,34?,38?,39-,40?,41?/m1/s1. The number of allylic oxidation sites excluding steroid dienone is 2. The van der Waals surface area contributed by atoms with Crippen molar-refractivity contribution in [1.82, 2.24) is 0 Å². The Morgan fingerprint density at radius 1 is 0.783 bits per heavy atom. The molecule has 0 bridgehead atoms. The number of hydrogen-bond donors (Lipinski definition) is 2. The zero-order chi connectivity index (χ0) is 32.7. The molecule has 0 saturated heterocycles. The molecule has 246 valence electrons. The molecule has 5 aliphatic carbocycles. The van der Waals surface area contributed by atoms with Gasteiger partial charge in [-0.3, -0.25) is 4.79 Å². The van der Waals surface area contributed by atoms with Gasteiger partial charge in [-0.25, -0.2) is 4.79 Å². The summed E-state index contributed by atoms with van der Waals surface area (Å²) >= 11 is 0. The van der Waals surface area contributed by atoms with Crippen molar-refractivity contribution in [2.24, 2.45) is 50.7 Å². The first-order valence-corrected chi connectivity index (χ1v) is 17.8. The van der Waals surface area contributed by atoms with Gasteiger partial charge >= 0.3 is 5.97 Å². The van der Waals surface area contributed by atoms with Gasteiger partial charge < -0.3 is 15.2 Å². The number of methoxy groups -OCH3 is 1. The van der Waals surface area contributed by atoms with Crippen LogP contribution in [0.3, 0.4) is 0 Å². The first-order chi connectivity index (χ1) is 21.8. The molecule has 0 aromatic heterocycles. The van der Waals surface area contributed by atoms with E-state index in [1.807, 2.05) is 36.4 Å². The largest absolute Gasteiger partial charge is 0.497 e. The minimum absolute atomic E-state index is 0.00351. The predicted molar refractivity (Wildman–Crippen MR) is 184 cm³/mol. The first-order valence-electron chi connectivity index (χ1n) is 17.8. The van der Waals surface area contributed by atoms with Gasteiger partial charge in [0.1, 0.15) is 5.75 Å². The van der Waals surface area contributed by atoms with Crippen LogP contribution < -0.4 is 10.1 Å². The van der Waals surface area contributed by atoms with E-state index in [0.717, 1.165) is 43.5 Å². The lowest BCUT2D eigenvalue weighted by molar-refractivity contribution is -0.221. The fourth-order valence-electron chi connectivity index (χ4n) is 12.8. The highest BCUT2D eigenvalue weighted by Crippen LogP contribution is 2.77. The van der Waals surface area contributed by atoms with Crippen LogP contribution in [0.2, 0.25) is 0 Å². The van der Waals surface area contributed by atoms with Crippen molar-refractivity contribution >= 4 is 23.1 Å². The molecule has 0 heterocycles. The van der Waals surface area contributed by atoms with Crippen molar-refractivity contribution in [2.75, 3.05) is 12.4 Å². The molecule has 46 heavy (non-hydrogen) atoms. The lowest BCUT2D eigenvalue weighted by Gasteiger charge is -2.72. The summed E-state index contributed by atoms with van der Waals surface area (Å²) in [6, 6.07) is 15.3. The van der Waals surface area contributed by atoms with Crippen LogP contribution in [0, 0.1) is 50.7 Å². The van der Waals surface area contributed by atoms with Crippen molar-refractivity contribution in [3.63, 3.8) is 0 Å². The second kappa shape index (κ2) is 10.7.